The van der Waals surface area contributed by atoms with E-state index >= 15 is 0 Å². The Morgan fingerprint density at radius 1 is 1.44 bits per heavy atom. The van der Waals surface area contributed by atoms with Gasteiger partial charge in [0.25, 0.3) is 0 Å². The molecule has 3 nitrogen and oxygen atoms in total. The molecule has 0 aromatic carbocycles. The van der Waals surface area contributed by atoms with Crippen LogP contribution < -0.4 is 5.32 Å². The Morgan fingerprint density at radius 2 is 2.25 bits per heavy atom. The first-order chi connectivity index (χ1) is 7.74. The van der Waals surface area contributed by atoms with Crippen LogP contribution in [0.5, 0.6) is 0 Å². The number of pyridine rings is 1. The molecule has 0 aliphatic rings. The van der Waals surface area contributed by atoms with E-state index < -0.39 is 0 Å². The van der Waals surface area contributed by atoms with Crippen LogP contribution in [0, 0.1) is 0 Å². The second-order valence-corrected chi connectivity index (χ2v) is 4.13. The van der Waals surface area contributed by atoms with Crippen LogP contribution in [-0.2, 0) is 0 Å². The van der Waals surface area contributed by atoms with E-state index in [-0.39, 0.29) is 12.1 Å². The van der Waals surface area contributed by atoms with Gasteiger partial charge in [0.2, 0.25) is 0 Å². The maximum Gasteiger partial charge on any atom is 0.0570 e. The topological polar surface area (TPSA) is 45.1 Å². The standard InChI is InChI=1S/C13H22N2O/c1-3-12(16)7-6-10-14-11(2)13-8-4-5-9-15-13/h4-5,8-9,11-12,14,16H,3,6-7,10H2,1-2H3. The molecule has 1 rings (SSSR count). The van der Waals surface area contributed by atoms with Crippen molar-refractivity contribution in [2.45, 2.75) is 45.3 Å². The summed E-state index contributed by atoms with van der Waals surface area (Å²) in [6.07, 6.45) is 4.39. The summed E-state index contributed by atoms with van der Waals surface area (Å²) in [6, 6.07) is 6.23. The minimum atomic E-state index is -0.146. The van der Waals surface area contributed by atoms with Crippen molar-refractivity contribution in [2.75, 3.05) is 6.54 Å². The number of nitrogens with one attached hydrogen (secondary N) is 1. The van der Waals surface area contributed by atoms with Gasteiger partial charge in [-0.1, -0.05) is 13.0 Å². The normalized spacial score (nSPS) is 14.7. The Balaban J connectivity index is 2.18. The smallest absolute Gasteiger partial charge is 0.0570 e. The maximum absolute atomic E-state index is 9.40. The fourth-order valence-corrected chi connectivity index (χ4v) is 1.60. The van der Waals surface area contributed by atoms with E-state index in [1.54, 1.807) is 0 Å². The molecule has 3 heteroatoms. The number of aliphatic hydroxyl groups is 1. The molecule has 0 amide bonds. The predicted octanol–water partition coefficient (Wildman–Crippen LogP) is 2.28. The highest BCUT2D eigenvalue weighted by molar-refractivity contribution is 5.07. The first-order valence-electron chi connectivity index (χ1n) is 6.06. The van der Waals surface area contributed by atoms with Crippen LogP contribution >= 0.6 is 0 Å². The molecule has 0 aliphatic carbocycles. The molecule has 0 saturated heterocycles. The van der Waals surface area contributed by atoms with Crippen LogP contribution in [0.25, 0.3) is 0 Å². The van der Waals surface area contributed by atoms with E-state index in [0.29, 0.717) is 0 Å². The SMILES string of the molecule is CCC(O)CCCNC(C)c1ccccn1. The van der Waals surface area contributed by atoms with E-state index in [1.165, 1.54) is 0 Å². The molecule has 1 aromatic rings. The highest BCUT2D eigenvalue weighted by atomic mass is 16.3. The number of hydrogen-bond acceptors (Lipinski definition) is 3. The van der Waals surface area contributed by atoms with Gasteiger partial charge >= 0.3 is 0 Å². The molecule has 1 heterocycles. The van der Waals surface area contributed by atoms with Gasteiger partial charge in [-0.25, -0.2) is 0 Å². The highest BCUT2D eigenvalue weighted by Crippen LogP contribution is 2.08. The average molecular weight is 222 g/mol. The zero-order valence-corrected chi connectivity index (χ0v) is 10.2. The molecule has 16 heavy (non-hydrogen) atoms. The lowest BCUT2D eigenvalue weighted by Crippen LogP contribution is -2.21. The average Bonchev–Trinajstić information content (AvgIpc) is 2.35. The summed E-state index contributed by atoms with van der Waals surface area (Å²) in [7, 11) is 0. The van der Waals surface area contributed by atoms with Crippen molar-refractivity contribution in [3.63, 3.8) is 0 Å². The fourth-order valence-electron chi connectivity index (χ4n) is 1.60. The van der Waals surface area contributed by atoms with Gasteiger partial charge in [-0.3, -0.25) is 4.98 Å². The molecule has 2 unspecified atom stereocenters. The van der Waals surface area contributed by atoms with Crippen LogP contribution in [-0.4, -0.2) is 22.7 Å². The molecule has 0 saturated carbocycles. The largest absolute Gasteiger partial charge is 0.393 e. The molecule has 0 fully saturated rings. The van der Waals surface area contributed by atoms with Crippen molar-refractivity contribution in [3.8, 4) is 0 Å². The number of hydrogen-bond donors (Lipinski definition) is 2. The Morgan fingerprint density at radius 3 is 2.88 bits per heavy atom. The number of nitrogens with zero attached hydrogens (tertiary/aromatic N) is 1. The number of rotatable bonds is 7. The third kappa shape index (κ3) is 4.73. The summed E-state index contributed by atoms with van der Waals surface area (Å²) in [4.78, 5) is 4.30. The molecular formula is C13H22N2O. The van der Waals surface area contributed by atoms with Crippen molar-refractivity contribution in [3.05, 3.63) is 30.1 Å². The molecule has 1 aromatic heterocycles. The third-order valence-corrected chi connectivity index (χ3v) is 2.77. The second-order valence-electron chi connectivity index (χ2n) is 4.13. The quantitative estimate of drug-likeness (QED) is 0.696. The van der Waals surface area contributed by atoms with Gasteiger partial charge in [-0.05, 0) is 44.9 Å². The number of aromatic nitrogens is 1. The lowest BCUT2D eigenvalue weighted by atomic mass is 10.1. The highest BCUT2D eigenvalue weighted by Gasteiger charge is 2.05. The van der Waals surface area contributed by atoms with Crippen molar-refractivity contribution in [1.82, 2.24) is 10.3 Å². The van der Waals surface area contributed by atoms with Gasteiger partial charge < -0.3 is 10.4 Å². The number of aliphatic hydroxyl groups excluding tert-OH is 1. The fraction of sp³-hybridized carbons (Fsp3) is 0.615. The zero-order chi connectivity index (χ0) is 11.8. The summed E-state index contributed by atoms with van der Waals surface area (Å²) in [5.41, 5.74) is 1.07. The first-order valence-corrected chi connectivity index (χ1v) is 6.06. The minimum Gasteiger partial charge on any atom is -0.393 e. The molecule has 0 radical (unpaired) electrons. The molecule has 0 aliphatic heterocycles. The van der Waals surface area contributed by atoms with Crippen LogP contribution in [0.15, 0.2) is 24.4 Å². The molecular weight excluding hydrogens is 200 g/mol. The van der Waals surface area contributed by atoms with E-state index in [4.69, 9.17) is 0 Å². The summed E-state index contributed by atoms with van der Waals surface area (Å²) >= 11 is 0. The Hall–Kier alpha value is -0.930. The van der Waals surface area contributed by atoms with Crippen LogP contribution in [0.3, 0.4) is 0 Å². The summed E-state index contributed by atoms with van der Waals surface area (Å²) in [5, 5.41) is 12.8. The van der Waals surface area contributed by atoms with Crippen LogP contribution in [0.4, 0.5) is 0 Å². The Kier molecular flexibility index (Phi) is 6.04. The minimum absolute atomic E-state index is 0.146. The summed E-state index contributed by atoms with van der Waals surface area (Å²) < 4.78 is 0. The lowest BCUT2D eigenvalue weighted by Gasteiger charge is -2.13. The van der Waals surface area contributed by atoms with Gasteiger partial charge in [0, 0.05) is 12.2 Å². The van der Waals surface area contributed by atoms with Crippen molar-refractivity contribution < 1.29 is 5.11 Å². The van der Waals surface area contributed by atoms with Crippen molar-refractivity contribution in [2.24, 2.45) is 0 Å². The first kappa shape index (κ1) is 13.1. The van der Waals surface area contributed by atoms with E-state index in [9.17, 15) is 5.11 Å². The van der Waals surface area contributed by atoms with E-state index in [0.717, 1.165) is 31.5 Å². The molecule has 0 bridgehead atoms. The Bertz CT molecular complexity index is 277. The van der Waals surface area contributed by atoms with Crippen molar-refractivity contribution >= 4 is 0 Å². The van der Waals surface area contributed by atoms with Crippen LogP contribution in [0.2, 0.25) is 0 Å². The molecule has 90 valence electrons. The summed E-state index contributed by atoms with van der Waals surface area (Å²) in [5.74, 6) is 0. The maximum atomic E-state index is 9.40. The Labute approximate surface area is 97.9 Å². The monoisotopic (exact) mass is 222 g/mol. The van der Waals surface area contributed by atoms with Gasteiger partial charge in [0.05, 0.1) is 11.8 Å². The predicted molar refractivity (Wildman–Crippen MR) is 66.2 cm³/mol. The van der Waals surface area contributed by atoms with Gasteiger partial charge in [-0.15, -0.1) is 0 Å². The van der Waals surface area contributed by atoms with E-state index in [2.05, 4.69) is 17.2 Å². The van der Waals surface area contributed by atoms with Crippen LogP contribution in [0.1, 0.15) is 44.8 Å². The zero-order valence-electron chi connectivity index (χ0n) is 10.2. The molecule has 2 N–H and O–H groups in total. The van der Waals surface area contributed by atoms with Gasteiger partial charge in [0.1, 0.15) is 0 Å². The molecule has 2 atom stereocenters. The second kappa shape index (κ2) is 7.36. The van der Waals surface area contributed by atoms with Crippen molar-refractivity contribution in [1.29, 1.82) is 0 Å². The third-order valence-electron chi connectivity index (χ3n) is 2.77. The van der Waals surface area contributed by atoms with E-state index in [1.807, 2.05) is 31.3 Å². The van der Waals surface area contributed by atoms with Gasteiger partial charge in [-0.2, -0.15) is 0 Å². The van der Waals surface area contributed by atoms with Gasteiger partial charge in [0.15, 0.2) is 0 Å². The lowest BCUT2D eigenvalue weighted by molar-refractivity contribution is 0.157. The molecule has 0 spiro atoms. The summed E-state index contributed by atoms with van der Waals surface area (Å²) in [6.45, 7) is 5.04.